The zero-order chi connectivity index (χ0) is 34.3. The number of hydrogen-bond acceptors (Lipinski definition) is 8. The van der Waals surface area contributed by atoms with E-state index in [1.807, 2.05) is 6.08 Å². The van der Waals surface area contributed by atoms with Crippen molar-refractivity contribution in [3.05, 3.63) is 93.1 Å². The van der Waals surface area contributed by atoms with Gasteiger partial charge in [-0.2, -0.15) is 18.2 Å². The molecule has 6 unspecified atom stereocenters. The van der Waals surface area contributed by atoms with Crippen LogP contribution in [0.2, 0.25) is 10.0 Å². The van der Waals surface area contributed by atoms with E-state index in [0.29, 0.717) is 39.0 Å². The van der Waals surface area contributed by atoms with Crippen LogP contribution in [-0.4, -0.2) is 45.8 Å². The summed E-state index contributed by atoms with van der Waals surface area (Å²) in [7, 11) is 1.38. The van der Waals surface area contributed by atoms with Crippen molar-refractivity contribution >= 4 is 52.6 Å². The fraction of sp³-hybridized carbons (Fsp3) is 0.303. The highest BCUT2D eigenvalue weighted by Crippen LogP contribution is 2.64. The van der Waals surface area contributed by atoms with Crippen molar-refractivity contribution in [3.8, 4) is 11.5 Å². The molecule has 2 aliphatic heterocycles. The molecule has 3 aromatic rings. The number of fused-ring (bicyclic) bond motifs is 4. The van der Waals surface area contributed by atoms with E-state index in [1.165, 1.54) is 19.2 Å². The molecular formula is C33H25Cl2F3N4O6. The van der Waals surface area contributed by atoms with Crippen molar-refractivity contribution in [1.29, 1.82) is 0 Å². The first-order valence-corrected chi connectivity index (χ1v) is 15.6. The fourth-order valence-corrected chi connectivity index (χ4v) is 8.31. The number of ether oxygens (including phenoxy) is 1. The molecule has 4 aliphatic rings. The third-order valence-corrected chi connectivity index (χ3v) is 10.5. The number of carbonyl (C=O) groups is 4. The monoisotopic (exact) mass is 700 g/mol. The average molecular weight is 701 g/mol. The van der Waals surface area contributed by atoms with Gasteiger partial charge in [0.1, 0.15) is 11.5 Å². The third-order valence-electron chi connectivity index (χ3n) is 9.93. The van der Waals surface area contributed by atoms with Gasteiger partial charge in [-0.15, -0.1) is 0 Å². The van der Waals surface area contributed by atoms with Gasteiger partial charge in [0.2, 0.25) is 11.8 Å². The van der Waals surface area contributed by atoms with Crippen LogP contribution in [0.3, 0.4) is 0 Å². The van der Waals surface area contributed by atoms with Crippen LogP contribution in [0.4, 0.5) is 19.0 Å². The number of benzene rings is 2. The van der Waals surface area contributed by atoms with Gasteiger partial charge >= 0.3 is 6.18 Å². The number of imide groups is 2. The summed E-state index contributed by atoms with van der Waals surface area (Å²) < 4.78 is 45.7. The molecule has 0 radical (unpaired) electrons. The quantitative estimate of drug-likeness (QED) is 0.238. The van der Waals surface area contributed by atoms with E-state index in [9.17, 15) is 32.7 Å². The van der Waals surface area contributed by atoms with Gasteiger partial charge in [-0.1, -0.05) is 53.1 Å². The largest absolute Gasteiger partial charge is 0.508 e. The van der Waals surface area contributed by atoms with Crippen LogP contribution < -0.4 is 15.5 Å². The van der Waals surface area contributed by atoms with Crippen LogP contribution >= 0.6 is 23.2 Å². The maximum atomic E-state index is 15.1. The zero-order valence-corrected chi connectivity index (χ0v) is 26.4. The lowest BCUT2D eigenvalue weighted by atomic mass is 9.49. The molecule has 3 N–H and O–H groups in total. The summed E-state index contributed by atoms with van der Waals surface area (Å²) in [4.78, 5) is 59.4. The van der Waals surface area contributed by atoms with Crippen molar-refractivity contribution in [1.82, 2.24) is 15.3 Å². The Hall–Kier alpha value is -4.62. The molecular weight excluding hydrogens is 676 g/mol. The van der Waals surface area contributed by atoms with E-state index < -0.39 is 75.4 Å². The van der Waals surface area contributed by atoms with Crippen LogP contribution in [0, 0.1) is 23.7 Å². The normalized spacial score (nSPS) is 28.0. The molecule has 3 fully saturated rings. The number of halogens is 5. The highest BCUT2D eigenvalue weighted by molar-refractivity contribution is 6.33. The molecule has 0 bridgehead atoms. The number of hydrogen-bond donors (Lipinski definition) is 3. The smallest absolute Gasteiger partial charge is 0.417 e. The van der Waals surface area contributed by atoms with Gasteiger partial charge in [-0.25, -0.2) is 4.98 Å². The number of rotatable bonds is 5. The first-order valence-electron chi connectivity index (χ1n) is 14.8. The van der Waals surface area contributed by atoms with E-state index in [4.69, 9.17) is 27.9 Å². The Kier molecular flexibility index (Phi) is 7.48. The number of hydrazine groups is 1. The van der Waals surface area contributed by atoms with Gasteiger partial charge in [0.25, 0.3) is 11.8 Å². The average Bonchev–Trinajstić information content (AvgIpc) is 3.45. The maximum absolute atomic E-state index is 15.1. The molecule has 3 heterocycles. The first-order chi connectivity index (χ1) is 22.8. The lowest BCUT2D eigenvalue weighted by Crippen LogP contribution is -2.53. The molecule has 6 atom stereocenters. The SMILES string of the molecule is COc1cc(O)ccc1C1C2=CCC3C(=O)NC(=O)C3C2CC2C(=O)N(Nc3ncc(C(F)(F)F)cc3Cl)C(=O)C21c1ccc(Cl)cc1. The second-order valence-corrected chi connectivity index (χ2v) is 13.0. The molecule has 10 nitrogen and oxygen atoms in total. The number of allylic oxidation sites excluding steroid dienone is 2. The molecule has 0 spiro atoms. The van der Waals surface area contributed by atoms with E-state index in [1.54, 1.807) is 30.3 Å². The lowest BCUT2D eigenvalue weighted by molar-refractivity contribution is -0.139. The van der Waals surface area contributed by atoms with Gasteiger partial charge in [0.05, 0.1) is 40.9 Å². The third kappa shape index (κ3) is 4.66. The Labute approximate surface area is 280 Å². The van der Waals surface area contributed by atoms with Crippen molar-refractivity contribution in [3.63, 3.8) is 0 Å². The Balaban J connectivity index is 1.46. The van der Waals surface area contributed by atoms with Crippen molar-refractivity contribution in [2.45, 2.75) is 30.4 Å². The summed E-state index contributed by atoms with van der Waals surface area (Å²) in [6.07, 6.45) is -2.21. The van der Waals surface area contributed by atoms with Crippen molar-refractivity contribution in [2.75, 3.05) is 12.5 Å². The predicted molar refractivity (Wildman–Crippen MR) is 165 cm³/mol. The number of aromatic hydroxyl groups is 1. The van der Waals surface area contributed by atoms with Gasteiger partial charge < -0.3 is 9.84 Å². The number of methoxy groups -OCH3 is 1. The number of carbonyl (C=O) groups excluding carboxylic acids is 4. The predicted octanol–water partition coefficient (Wildman–Crippen LogP) is 5.39. The molecule has 1 aromatic heterocycles. The Bertz CT molecular complexity index is 1940. The van der Waals surface area contributed by atoms with Crippen LogP contribution in [0.25, 0.3) is 0 Å². The van der Waals surface area contributed by atoms with E-state index in [-0.39, 0.29) is 30.2 Å². The fourth-order valence-electron chi connectivity index (χ4n) is 7.98. The standard InChI is InChI=1S/C33H25Cl2F3N4O6/c1-48-24-11-17(43)6-7-19(24)26-18-8-9-20-25(29(45)40-28(20)44)21(18)12-22-30(46)42(31(47)32(22,26)14-2-4-16(34)5-3-14)41-27-23(35)10-15(13-39-27)33(36,37)38/h2-8,10-11,13,20-22,25-26,43H,9,12H2,1H3,(H,39,41)(H,40,44,45). The summed E-state index contributed by atoms with van der Waals surface area (Å²) in [6.45, 7) is 0. The second-order valence-electron chi connectivity index (χ2n) is 12.2. The van der Waals surface area contributed by atoms with Crippen molar-refractivity contribution in [2.24, 2.45) is 23.7 Å². The van der Waals surface area contributed by atoms with Crippen LogP contribution in [0.15, 0.2) is 66.4 Å². The van der Waals surface area contributed by atoms with Gasteiger partial charge in [-0.05, 0) is 48.6 Å². The van der Waals surface area contributed by atoms with E-state index >= 15 is 4.79 Å². The number of aromatic nitrogens is 1. The number of alkyl halides is 3. The minimum absolute atomic E-state index is 0.0237. The number of nitrogens with one attached hydrogen (secondary N) is 2. The van der Waals surface area contributed by atoms with Crippen molar-refractivity contribution < 1.29 is 42.2 Å². The zero-order valence-electron chi connectivity index (χ0n) is 24.8. The number of anilines is 1. The first kappa shape index (κ1) is 32.0. The highest BCUT2D eigenvalue weighted by Gasteiger charge is 2.70. The number of pyridine rings is 1. The Morgan fingerprint density at radius 2 is 1.77 bits per heavy atom. The second kappa shape index (κ2) is 11.2. The van der Waals surface area contributed by atoms with Gasteiger partial charge in [0.15, 0.2) is 5.82 Å². The molecule has 48 heavy (non-hydrogen) atoms. The summed E-state index contributed by atoms with van der Waals surface area (Å²) in [6, 6.07) is 11.3. The molecule has 2 saturated heterocycles. The summed E-state index contributed by atoms with van der Waals surface area (Å²) >= 11 is 12.4. The molecule has 248 valence electrons. The lowest BCUT2D eigenvalue weighted by Gasteiger charge is -2.50. The van der Waals surface area contributed by atoms with Crippen LogP contribution in [0.5, 0.6) is 11.5 Å². The summed E-state index contributed by atoms with van der Waals surface area (Å²) in [5.74, 6) is -7.02. The Morgan fingerprint density at radius 3 is 2.44 bits per heavy atom. The molecule has 7 rings (SSSR count). The summed E-state index contributed by atoms with van der Waals surface area (Å²) in [5, 5.41) is 13.3. The number of phenols is 1. The number of nitrogens with zero attached hydrogens (tertiary/aromatic N) is 2. The maximum Gasteiger partial charge on any atom is 0.417 e. The molecule has 1 saturated carbocycles. The minimum Gasteiger partial charge on any atom is -0.508 e. The molecule has 2 aromatic carbocycles. The van der Waals surface area contributed by atoms with Crippen LogP contribution in [0.1, 0.15) is 35.4 Å². The molecule has 4 amide bonds. The number of amides is 4. The molecule has 15 heteroatoms. The van der Waals surface area contributed by atoms with E-state index in [2.05, 4.69) is 15.7 Å². The minimum atomic E-state index is -4.74. The molecule has 2 aliphatic carbocycles. The highest BCUT2D eigenvalue weighted by atomic mass is 35.5. The number of phenolic OH excluding ortho intramolecular Hbond substituents is 1. The topological polar surface area (TPSA) is 138 Å². The summed E-state index contributed by atoms with van der Waals surface area (Å²) in [5.41, 5.74) is 1.16. The van der Waals surface area contributed by atoms with E-state index in [0.717, 1.165) is 0 Å². The Morgan fingerprint density at radius 1 is 1.04 bits per heavy atom. The van der Waals surface area contributed by atoms with Gasteiger partial charge in [-0.3, -0.25) is 29.9 Å². The van der Waals surface area contributed by atoms with Crippen LogP contribution in [-0.2, 0) is 30.8 Å². The van der Waals surface area contributed by atoms with Gasteiger partial charge in [0, 0.05) is 28.8 Å².